The van der Waals surface area contributed by atoms with Crippen LogP contribution in [0.2, 0.25) is 0 Å². The Morgan fingerprint density at radius 1 is 1.38 bits per heavy atom. The molecular formula is C19H19N3O3S. The molecule has 1 N–H and O–H groups in total. The molecule has 0 saturated heterocycles. The highest BCUT2D eigenvalue weighted by molar-refractivity contribution is 7.17. The molecule has 26 heavy (non-hydrogen) atoms. The minimum atomic E-state index is -0.193. The highest BCUT2D eigenvalue weighted by atomic mass is 32.1. The van der Waals surface area contributed by atoms with E-state index in [0.717, 1.165) is 11.1 Å². The molecule has 0 aliphatic carbocycles. The molecule has 3 rings (SSSR count). The second-order valence-corrected chi connectivity index (χ2v) is 6.84. The van der Waals surface area contributed by atoms with Crippen molar-refractivity contribution in [1.29, 1.82) is 0 Å². The number of aromatic amines is 1. The van der Waals surface area contributed by atoms with E-state index in [0.29, 0.717) is 21.8 Å². The molecule has 0 saturated carbocycles. The van der Waals surface area contributed by atoms with Crippen LogP contribution in [0.4, 0.5) is 0 Å². The predicted octanol–water partition coefficient (Wildman–Crippen LogP) is 2.97. The summed E-state index contributed by atoms with van der Waals surface area (Å²) in [6.07, 6.45) is 3.21. The van der Waals surface area contributed by atoms with Gasteiger partial charge in [0.1, 0.15) is 16.3 Å². The predicted molar refractivity (Wildman–Crippen MR) is 103 cm³/mol. The molecule has 0 spiro atoms. The van der Waals surface area contributed by atoms with Gasteiger partial charge in [0.15, 0.2) is 0 Å². The van der Waals surface area contributed by atoms with Crippen LogP contribution in [0, 0.1) is 6.92 Å². The number of nitrogens with one attached hydrogen (secondary N) is 1. The van der Waals surface area contributed by atoms with Gasteiger partial charge in [0.25, 0.3) is 5.56 Å². The van der Waals surface area contributed by atoms with Gasteiger partial charge in [-0.3, -0.25) is 9.59 Å². The Hall–Kier alpha value is -2.93. The van der Waals surface area contributed by atoms with E-state index in [1.165, 1.54) is 22.3 Å². The van der Waals surface area contributed by atoms with Gasteiger partial charge in [-0.25, -0.2) is 4.98 Å². The summed E-state index contributed by atoms with van der Waals surface area (Å²) in [6.45, 7) is 2.20. The number of benzene rings is 1. The van der Waals surface area contributed by atoms with Gasteiger partial charge in [-0.1, -0.05) is 11.6 Å². The van der Waals surface area contributed by atoms with Crippen LogP contribution in [-0.2, 0) is 11.3 Å². The maximum atomic E-state index is 12.4. The number of carbonyl (C=O) groups excluding carboxylic acids is 1. The molecule has 0 atom stereocenters. The number of amides is 1. The summed E-state index contributed by atoms with van der Waals surface area (Å²) in [5.41, 5.74) is 2.38. The standard InChI is InChI=1S/C19H19N3O3S/c1-12-4-6-15(25-3)13(10-12)5-7-17(23)22(2)11-16-20-14-8-9-26-18(14)19(24)21-16/h4-10H,11H2,1-3H3,(H,20,21,24)/b7-5+. The number of aryl methyl sites for hydroxylation is 1. The molecule has 2 heterocycles. The average molecular weight is 369 g/mol. The quantitative estimate of drug-likeness (QED) is 0.702. The fraction of sp³-hybridized carbons (Fsp3) is 0.211. The molecule has 1 amide bonds. The van der Waals surface area contributed by atoms with Gasteiger partial charge in [-0.15, -0.1) is 11.3 Å². The minimum absolute atomic E-state index is 0.180. The topological polar surface area (TPSA) is 75.3 Å². The third kappa shape index (κ3) is 3.83. The summed E-state index contributed by atoms with van der Waals surface area (Å²) >= 11 is 1.35. The zero-order valence-corrected chi connectivity index (χ0v) is 15.6. The van der Waals surface area contributed by atoms with Crippen molar-refractivity contribution in [3.8, 4) is 5.75 Å². The molecule has 6 nitrogen and oxygen atoms in total. The average Bonchev–Trinajstić information content (AvgIpc) is 3.08. The van der Waals surface area contributed by atoms with Crippen molar-refractivity contribution in [3.63, 3.8) is 0 Å². The van der Waals surface area contributed by atoms with Crippen LogP contribution in [0.3, 0.4) is 0 Å². The second-order valence-electron chi connectivity index (χ2n) is 5.92. The number of hydrogen-bond donors (Lipinski definition) is 1. The number of H-pyrrole nitrogens is 1. The number of methoxy groups -OCH3 is 1. The molecule has 0 radical (unpaired) electrons. The summed E-state index contributed by atoms with van der Waals surface area (Å²) in [7, 11) is 3.26. The number of nitrogens with zero attached hydrogens (tertiary/aromatic N) is 2. The van der Waals surface area contributed by atoms with Crippen molar-refractivity contribution in [3.05, 3.63) is 63.0 Å². The van der Waals surface area contributed by atoms with Crippen molar-refractivity contribution in [2.75, 3.05) is 14.2 Å². The van der Waals surface area contributed by atoms with Crippen LogP contribution in [-0.4, -0.2) is 34.9 Å². The first kappa shape index (κ1) is 17.9. The summed E-state index contributed by atoms with van der Waals surface area (Å²) in [5.74, 6) is 0.969. The molecule has 0 bridgehead atoms. The number of rotatable bonds is 5. The lowest BCUT2D eigenvalue weighted by Gasteiger charge is -2.14. The third-order valence-corrected chi connectivity index (χ3v) is 4.82. The smallest absolute Gasteiger partial charge is 0.268 e. The number of aromatic nitrogens is 2. The largest absolute Gasteiger partial charge is 0.496 e. The lowest BCUT2D eigenvalue weighted by atomic mass is 10.1. The number of ether oxygens (including phenoxy) is 1. The monoisotopic (exact) mass is 369 g/mol. The number of carbonyl (C=O) groups is 1. The molecule has 7 heteroatoms. The lowest BCUT2D eigenvalue weighted by molar-refractivity contribution is -0.125. The molecule has 0 aliphatic heterocycles. The number of thiophene rings is 1. The molecular weight excluding hydrogens is 350 g/mol. The molecule has 0 unspecified atom stereocenters. The third-order valence-electron chi connectivity index (χ3n) is 3.92. The molecule has 1 aromatic carbocycles. The number of fused-ring (bicyclic) bond motifs is 1. The van der Waals surface area contributed by atoms with Crippen LogP contribution in [0.5, 0.6) is 5.75 Å². The first-order valence-corrected chi connectivity index (χ1v) is 8.90. The summed E-state index contributed by atoms with van der Waals surface area (Å²) in [5, 5.41) is 1.82. The number of hydrogen-bond acceptors (Lipinski definition) is 5. The Morgan fingerprint density at radius 2 is 2.19 bits per heavy atom. The summed E-state index contributed by atoms with van der Waals surface area (Å²) < 4.78 is 5.90. The van der Waals surface area contributed by atoms with Gasteiger partial charge in [-0.2, -0.15) is 0 Å². The van der Waals surface area contributed by atoms with E-state index in [1.54, 1.807) is 26.3 Å². The van der Waals surface area contributed by atoms with Crippen LogP contribution in [0.25, 0.3) is 16.3 Å². The second kappa shape index (κ2) is 7.53. The highest BCUT2D eigenvalue weighted by Crippen LogP contribution is 2.21. The van der Waals surface area contributed by atoms with E-state index >= 15 is 0 Å². The van der Waals surface area contributed by atoms with Crippen LogP contribution in [0.1, 0.15) is 17.0 Å². The zero-order chi connectivity index (χ0) is 18.7. The Balaban J connectivity index is 1.75. The fourth-order valence-corrected chi connectivity index (χ4v) is 3.30. The first-order valence-electron chi connectivity index (χ1n) is 8.02. The molecule has 3 aromatic rings. The fourth-order valence-electron chi connectivity index (χ4n) is 2.57. The highest BCUT2D eigenvalue weighted by Gasteiger charge is 2.10. The van der Waals surface area contributed by atoms with Gasteiger partial charge in [-0.05, 0) is 36.6 Å². The van der Waals surface area contributed by atoms with Gasteiger partial charge in [0.2, 0.25) is 5.91 Å². The van der Waals surface area contributed by atoms with Crippen LogP contribution < -0.4 is 10.3 Å². The molecule has 0 aliphatic rings. The van der Waals surface area contributed by atoms with Crippen molar-refractivity contribution < 1.29 is 9.53 Å². The first-order chi connectivity index (χ1) is 12.5. The Kier molecular flexibility index (Phi) is 5.18. The van der Waals surface area contributed by atoms with E-state index in [1.807, 2.05) is 30.5 Å². The van der Waals surface area contributed by atoms with Crippen LogP contribution >= 0.6 is 11.3 Å². The Labute approximate surface area is 154 Å². The summed E-state index contributed by atoms with van der Waals surface area (Å²) in [4.78, 5) is 33.0. The lowest BCUT2D eigenvalue weighted by Crippen LogP contribution is -2.26. The van der Waals surface area contributed by atoms with E-state index in [2.05, 4.69) is 9.97 Å². The van der Waals surface area contributed by atoms with Crippen molar-refractivity contribution in [2.45, 2.75) is 13.5 Å². The molecule has 0 fully saturated rings. The normalized spacial score (nSPS) is 11.2. The zero-order valence-electron chi connectivity index (χ0n) is 14.8. The van der Waals surface area contributed by atoms with Gasteiger partial charge in [0, 0.05) is 18.7 Å². The maximum absolute atomic E-state index is 12.4. The SMILES string of the molecule is COc1ccc(C)cc1/C=C/C(=O)N(C)Cc1nc2ccsc2c(=O)[nH]1. The van der Waals surface area contributed by atoms with E-state index in [-0.39, 0.29) is 18.0 Å². The van der Waals surface area contributed by atoms with Gasteiger partial charge < -0.3 is 14.6 Å². The summed E-state index contributed by atoms with van der Waals surface area (Å²) in [6, 6.07) is 7.57. The number of likely N-dealkylation sites (N-methyl/N-ethyl adjacent to an activating group) is 1. The molecule has 134 valence electrons. The van der Waals surface area contributed by atoms with Crippen LogP contribution in [0.15, 0.2) is 40.5 Å². The van der Waals surface area contributed by atoms with Gasteiger partial charge in [0.05, 0.1) is 19.2 Å². The van der Waals surface area contributed by atoms with E-state index < -0.39 is 0 Å². The maximum Gasteiger partial charge on any atom is 0.268 e. The Bertz CT molecular complexity index is 1040. The van der Waals surface area contributed by atoms with Crippen molar-refractivity contribution in [2.24, 2.45) is 0 Å². The van der Waals surface area contributed by atoms with E-state index in [9.17, 15) is 9.59 Å². The molecule has 2 aromatic heterocycles. The van der Waals surface area contributed by atoms with E-state index in [4.69, 9.17) is 4.74 Å². The van der Waals surface area contributed by atoms with Crippen molar-refractivity contribution >= 4 is 33.5 Å². The minimum Gasteiger partial charge on any atom is -0.496 e. The van der Waals surface area contributed by atoms with Gasteiger partial charge >= 0.3 is 0 Å². The van der Waals surface area contributed by atoms with Crippen molar-refractivity contribution in [1.82, 2.24) is 14.9 Å². The Morgan fingerprint density at radius 3 is 2.96 bits per heavy atom.